The van der Waals surface area contributed by atoms with E-state index in [9.17, 15) is 4.79 Å². The van der Waals surface area contributed by atoms with Gasteiger partial charge >= 0.3 is 0 Å². The van der Waals surface area contributed by atoms with Gasteiger partial charge in [0.25, 0.3) is 5.91 Å². The summed E-state index contributed by atoms with van der Waals surface area (Å²) in [6.45, 7) is 4.82. The van der Waals surface area contributed by atoms with Crippen molar-refractivity contribution < 1.29 is 18.8 Å². The molecule has 152 valence electrons. The van der Waals surface area contributed by atoms with Gasteiger partial charge in [0.15, 0.2) is 0 Å². The molecule has 0 bridgehead atoms. The monoisotopic (exact) mass is 414 g/mol. The van der Waals surface area contributed by atoms with Gasteiger partial charge in [-0.25, -0.2) is 0 Å². The molecule has 0 saturated carbocycles. The third-order valence-corrected chi connectivity index (χ3v) is 4.83. The highest BCUT2D eigenvalue weighted by Gasteiger charge is 2.14. The molecule has 0 N–H and O–H groups in total. The van der Waals surface area contributed by atoms with Crippen molar-refractivity contribution in [3.63, 3.8) is 0 Å². The number of ether oxygens (including phenoxy) is 2. The number of likely N-dealkylation sites (N-methyl/N-ethyl adjacent to an activating group) is 1. The number of carbonyl (C=O) groups is 1. The Kier molecular flexibility index (Phi) is 6.77. The molecule has 7 heteroatoms. The van der Waals surface area contributed by atoms with E-state index in [1.807, 2.05) is 32.0 Å². The van der Waals surface area contributed by atoms with Gasteiger partial charge in [0, 0.05) is 12.6 Å². The number of rotatable bonds is 8. The van der Waals surface area contributed by atoms with Gasteiger partial charge in [-0.05, 0) is 44.2 Å². The Balaban J connectivity index is 1.56. The maximum Gasteiger partial charge on any atom is 0.253 e. The SMILES string of the molecule is Cc1noc(C)c1COc1cccc(C(=O)N(C)CCOc2ccccc2Cl)c1. The lowest BCUT2D eigenvalue weighted by atomic mass is 10.2. The number of para-hydroxylation sites is 1. The van der Waals surface area contributed by atoms with E-state index in [4.69, 9.17) is 25.6 Å². The average Bonchev–Trinajstić information content (AvgIpc) is 3.05. The van der Waals surface area contributed by atoms with Crippen molar-refractivity contribution in [2.24, 2.45) is 0 Å². The van der Waals surface area contributed by atoms with Crippen molar-refractivity contribution in [1.29, 1.82) is 0 Å². The summed E-state index contributed by atoms with van der Waals surface area (Å²) >= 11 is 6.07. The smallest absolute Gasteiger partial charge is 0.253 e. The molecule has 0 atom stereocenters. The molecule has 0 unspecified atom stereocenters. The molecule has 0 fully saturated rings. The van der Waals surface area contributed by atoms with E-state index >= 15 is 0 Å². The summed E-state index contributed by atoms with van der Waals surface area (Å²) in [5.41, 5.74) is 2.25. The summed E-state index contributed by atoms with van der Waals surface area (Å²) < 4.78 is 16.6. The molecule has 0 spiro atoms. The largest absolute Gasteiger partial charge is 0.490 e. The first-order valence-electron chi connectivity index (χ1n) is 9.23. The van der Waals surface area contributed by atoms with E-state index in [-0.39, 0.29) is 5.91 Å². The van der Waals surface area contributed by atoms with Crippen LogP contribution in [0.15, 0.2) is 53.1 Å². The van der Waals surface area contributed by atoms with Gasteiger partial charge in [-0.3, -0.25) is 4.79 Å². The average molecular weight is 415 g/mol. The molecule has 2 aromatic carbocycles. The molecule has 3 aromatic rings. The van der Waals surface area contributed by atoms with Crippen LogP contribution in [0, 0.1) is 13.8 Å². The van der Waals surface area contributed by atoms with Gasteiger partial charge in [0.1, 0.15) is 30.5 Å². The molecule has 0 radical (unpaired) electrons. The second kappa shape index (κ2) is 9.47. The van der Waals surface area contributed by atoms with E-state index in [2.05, 4.69) is 5.16 Å². The second-order valence-corrected chi connectivity index (χ2v) is 7.03. The first kappa shape index (κ1) is 20.7. The van der Waals surface area contributed by atoms with E-state index in [0.29, 0.717) is 41.8 Å². The fourth-order valence-electron chi connectivity index (χ4n) is 2.76. The first-order valence-corrected chi connectivity index (χ1v) is 9.61. The molecule has 1 amide bonds. The standard InChI is InChI=1S/C22H23ClN2O4/c1-15-19(16(2)29-24-15)14-28-18-8-6-7-17(13-18)22(26)25(3)11-12-27-21-10-5-4-9-20(21)23/h4-10,13H,11-12,14H2,1-3H3. The highest BCUT2D eigenvalue weighted by Crippen LogP contribution is 2.23. The van der Waals surface area contributed by atoms with E-state index in [1.54, 1.807) is 42.3 Å². The van der Waals surface area contributed by atoms with Crippen molar-refractivity contribution in [1.82, 2.24) is 10.1 Å². The lowest BCUT2D eigenvalue weighted by Gasteiger charge is -2.18. The number of nitrogens with zero attached hydrogens (tertiary/aromatic N) is 2. The van der Waals surface area contributed by atoms with Gasteiger partial charge in [-0.2, -0.15) is 0 Å². The normalized spacial score (nSPS) is 10.6. The molecule has 6 nitrogen and oxygen atoms in total. The minimum absolute atomic E-state index is 0.115. The van der Waals surface area contributed by atoms with Crippen LogP contribution in [0.3, 0.4) is 0 Å². The number of aromatic nitrogens is 1. The second-order valence-electron chi connectivity index (χ2n) is 6.62. The topological polar surface area (TPSA) is 64.8 Å². The van der Waals surface area contributed by atoms with Gasteiger partial charge in [0.2, 0.25) is 0 Å². The van der Waals surface area contributed by atoms with Crippen molar-refractivity contribution in [3.05, 3.63) is 76.1 Å². The third-order valence-electron chi connectivity index (χ3n) is 4.51. The van der Waals surface area contributed by atoms with Crippen LogP contribution in [0.1, 0.15) is 27.4 Å². The Morgan fingerprint density at radius 1 is 1.14 bits per heavy atom. The molecule has 1 heterocycles. The zero-order chi connectivity index (χ0) is 20.8. The fourth-order valence-corrected chi connectivity index (χ4v) is 2.95. The molecule has 3 rings (SSSR count). The number of hydrogen-bond acceptors (Lipinski definition) is 5. The predicted molar refractivity (Wildman–Crippen MR) is 111 cm³/mol. The summed E-state index contributed by atoms with van der Waals surface area (Å²) in [5, 5.41) is 4.46. The van der Waals surface area contributed by atoms with E-state index in [1.165, 1.54) is 0 Å². The zero-order valence-electron chi connectivity index (χ0n) is 16.6. The molecular formula is C22H23ClN2O4. The quantitative estimate of drug-likeness (QED) is 0.535. The Hall–Kier alpha value is -2.99. The summed E-state index contributed by atoms with van der Waals surface area (Å²) in [6, 6.07) is 14.3. The zero-order valence-corrected chi connectivity index (χ0v) is 17.4. The Labute approximate surface area is 175 Å². The molecule has 1 aromatic heterocycles. The van der Waals surface area contributed by atoms with Crippen LogP contribution in [0.2, 0.25) is 5.02 Å². The number of hydrogen-bond donors (Lipinski definition) is 0. The van der Waals surface area contributed by atoms with Crippen LogP contribution in [-0.4, -0.2) is 36.2 Å². The molecule has 29 heavy (non-hydrogen) atoms. The summed E-state index contributed by atoms with van der Waals surface area (Å²) in [7, 11) is 1.73. The number of carbonyl (C=O) groups excluding carboxylic acids is 1. The highest BCUT2D eigenvalue weighted by molar-refractivity contribution is 6.32. The van der Waals surface area contributed by atoms with Gasteiger partial charge < -0.3 is 18.9 Å². The van der Waals surface area contributed by atoms with Crippen LogP contribution < -0.4 is 9.47 Å². The van der Waals surface area contributed by atoms with Crippen molar-refractivity contribution in [3.8, 4) is 11.5 Å². The number of amides is 1. The van der Waals surface area contributed by atoms with Gasteiger partial charge in [0.05, 0.1) is 22.8 Å². The Bertz CT molecular complexity index is 967. The Morgan fingerprint density at radius 3 is 2.66 bits per heavy atom. The lowest BCUT2D eigenvalue weighted by Crippen LogP contribution is -2.30. The first-order chi connectivity index (χ1) is 14.0. The van der Waals surface area contributed by atoms with E-state index in [0.717, 1.165) is 17.0 Å². The molecule has 0 aliphatic carbocycles. The van der Waals surface area contributed by atoms with Crippen LogP contribution in [0.25, 0.3) is 0 Å². The summed E-state index contributed by atoms with van der Waals surface area (Å²) in [5.74, 6) is 1.82. The maximum atomic E-state index is 12.7. The molecule has 0 aliphatic heterocycles. The fraction of sp³-hybridized carbons (Fsp3) is 0.273. The van der Waals surface area contributed by atoms with Crippen molar-refractivity contribution in [2.75, 3.05) is 20.2 Å². The highest BCUT2D eigenvalue weighted by atomic mass is 35.5. The Morgan fingerprint density at radius 2 is 1.93 bits per heavy atom. The number of aryl methyl sites for hydroxylation is 2. The van der Waals surface area contributed by atoms with Crippen LogP contribution in [0.4, 0.5) is 0 Å². The van der Waals surface area contributed by atoms with Gasteiger partial charge in [-0.1, -0.05) is 35.0 Å². The molecular weight excluding hydrogens is 392 g/mol. The van der Waals surface area contributed by atoms with Gasteiger partial charge in [-0.15, -0.1) is 0 Å². The minimum Gasteiger partial charge on any atom is -0.490 e. The number of halogens is 1. The van der Waals surface area contributed by atoms with Crippen LogP contribution >= 0.6 is 11.6 Å². The summed E-state index contributed by atoms with van der Waals surface area (Å²) in [4.78, 5) is 14.3. The van der Waals surface area contributed by atoms with Crippen LogP contribution in [-0.2, 0) is 6.61 Å². The van der Waals surface area contributed by atoms with E-state index < -0.39 is 0 Å². The number of benzene rings is 2. The summed E-state index contributed by atoms with van der Waals surface area (Å²) in [6.07, 6.45) is 0. The minimum atomic E-state index is -0.115. The van der Waals surface area contributed by atoms with Crippen LogP contribution in [0.5, 0.6) is 11.5 Å². The third kappa shape index (κ3) is 5.29. The van der Waals surface area contributed by atoms with Crippen molar-refractivity contribution in [2.45, 2.75) is 20.5 Å². The lowest BCUT2D eigenvalue weighted by molar-refractivity contribution is 0.0773. The van der Waals surface area contributed by atoms with Crippen molar-refractivity contribution >= 4 is 17.5 Å². The molecule has 0 saturated heterocycles. The predicted octanol–water partition coefficient (Wildman–Crippen LogP) is 4.67. The maximum absolute atomic E-state index is 12.7. The molecule has 0 aliphatic rings.